The molecule has 0 saturated heterocycles. The number of nitrogens with zero attached hydrogens (tertiary/aromatic N) is 2. The lowest BCUT2D eigenvalue weighted by Gasteiger charge is -2.08. The van der Waals surface area contributed by atoms with Crippen molar-refractivity contribution in [2.24, 2.45) is 0 Å². The highest BCUT2D eigenvalue weighted by molar-refractivity contribution is 7.08. The Morgan fingerprint density at radius 2 is 1.77 bits per heavy atom. The van der Waals surface area contributed by atoms with Crippen LogP contribution in [0.1, 0.15) is 9.67 Å². The number of carbonyl (C=O) groups is 1. The maximum Gasteiger partial charge on any atom is 0.269 e. The smallest absolute Gasteiger partial charge is 0.269 e. The molecule has 128 valence electrons. The maximum atomic E-state index is 12.8. The van der Waals surface area contributed by atoms with Gasteiger partial charge in [0.25, 0.3) is 5.91 Å². The van der Waals surface area contributed by atoms with Crippen LogP contribution in [0.5, 0.6) is 5.75 Å². The molecule has 4 rings (SSSR count). The van der Waals surface area contributed by atoms with Crippen LogP contribution in [-0.4, -0.2) is 22.6 Å². The average molecular weight is 361 g/mol. The zero-order valence-electron chi connectivity index (χ0n) is 14.0. The number of methoxy groups -OCH3 is 1. The van der Waals surface area contributed by atoms with Gasteiger partial charge in [-0.3, -0.25) is 4.79 Å². The van der Waals surface area contributed by atoms with Crippen LogP contribution >= 0.6 is 11.5 Å². The fraction of sp³-hybridized carbons (Fsp3) is 0.0500. The lowest BCUT2D eigenvalue weighted by atomic mass is 10.1. The summed E-state index contributed by atoms with van der Waals surface area (Å²) < 4.78 is 9.14. The van der Waals surface area contributed by atoms with Gasteiger partial charge in [-0.25, -0.2) is 0 Å². The number of rotatable bonds is 4. The summed E-state index contributed by atoms with van der Waals surface area (Å²) in [6.07, 6.45) is 0. The number of carbonyl (C=O) groups excluding carboxylic acids is 1. The molecule has 26 heavy (non-hydrogen) atoms. The maximum absolute atomic E-state index is 12.8. The molecule has 0 bridgehead atoms. The molecule has 1 aromatic heterocycles. The van der Waals surface area contributed by atoms with E-state index in [-0.39, 0.29) is 5.91 Å². The summed E-state index contributed by atoms with van der Waals surface area (Å²) in [4.78, 5) is 13.3. The van der Waals surface area contributed by atoms with E-state index in [1.165, 1.54) is 0 Å². The summed E-state index contributed by atoms with van der Waals surface area (Å²) >= 11 is 1.08. The molecule has 0 aliphatic carbocycles. The van der Waals surface area contributed by atoms with Crippen LogP contribution in [0.3, 0.4) is 0 Å². The second-order valence-corrected chi connectivity index (χ2v) is 6.41. The zero-order valence-corrected chi connectivity index (χ0v) is 14.8. The molecule has 4 aromatic rings. The summed E-state index contributed by atoms with van der Waals surface area (Å²) in [6, 6.07) is 21.2. The largest absolute Gasteiger partial charge is 0.497 e. The quantitative estimate of drug-likeness (QED) is 0.576. The summed E-state index contributed by atoms with van der Waals surface area (Å²) in [5.41, 5.74) is 2.15. The Bertz CT molecular complexity index is 1070. The lowest BCUT2D eigenvalue weighted by Crippen LogP contribution is -2.11. The van der Waals surface area contributed by atoms with E-state index < -0.39 is 0 Å². The van der Waals surface area contributed by atoms with Crippen molar-refractivity contribution in [3.63, 3.8) is 0 Å². The van der Waals surface area contributed by atoms with Crippen molar-refractivity contribution in [2.75, 3.05) is 12.4 Å². The van der Waals surface area contributed by atoms with Crippen molar-refractivity contribution in [3.05, 3.63) is 71.6 Å². The van der Waals surface area contributed by atoms with E-state index in [2.05, 4.69) is 14.9 Å². The summed E-state index contributed by atoms with van der Waals surface area (Å²) in [5.74, 6) is 0.529. The number of nitrogens with one attached hydrogen (secondary N) is 1. The third kappa shape index (κ3) is 3.02. The number of ether oxygens (including phenoxy) is 1. The summed E-state index contributed by atoms with van der Waals surface area (Å²) in [7, 11) is 1.61. The van der Waals surface area contributed by atoms with E-state index in [4.69, 9.17) is 4.74 Å². The Morgan fingerprint density at radius 1 is 1.00 bits per heavy atom. The summed E-state index contributed by atoms with van der Waals surface area (Å²) in [6.45, 7) is 0. The average Bonchev–Trinajstić information content (AvgIpc) is 3.18. The molecule has 1 N–H and O–H groups in total. The fourth-order valence-electron chi connectivity index (χ4n) is 2.79. The van der Waals surface area contributed by atoms with Crippen LogP contribution in [-0.2, 0) is 0 Å². The van der Waals surface area contributed by atoms with Crippen molar-refractivity contribution in [2.45, 2.75) is 0 Å². The second-order valence-electron chi connectivity index (χ2n) is 5.66. The van der Waals surface area contributed by atoms with Crippen LogP contribution in [0.15, 0.2) is 66.7 Å². The van der Waals surface area contributed by atoms with E-state index in [1.807, 2.05) is 66.7 Å². The van der Waals surface area contributed by atoms with Gasteiger partial charge in [-0.1, -0.05) is 40.9 Å². The predicted molar refractivity (Wildman–Crippen MR) is 104 cm³/mol. The van der Waals surface area contributed by atoms with Gasteiger partial charge in [0.1, 0.15) is 16.3 Å². The van der Waals surface area contributed by atoms with Gasteiger partial charge in [0.15, 0.2) is 0 Å². The molecule has 0 unspecified atom stereocenters. The number of fused-ring (bicyclic) bond motifs is 1. The van der Waals surface area contributed by atoms with Gasteiger partial charge < -0.3 is 10.1 Å². The standard InChI is InChI=1S/C20H15N3O2S/c1-25-15-11-9-14(10-12-15)18-19(26-23-22-18)20(24)21-17-8-4-6-13-5-2-3-7-16(13)17/h2-12H,1H3,(H,21,24). The van der Waals surface area contributed by atoms with Crippen molar-refractivity contribution in [3.8, 4) is 17.0 Å². The highest BCUT2D eigenvalue weighted by Gasteiger charge is 2.18. The molecule has 0 aliphatic rings. The molecule has 1 amide bonds. The molecule has 6 heteroatoms. The molecule has 0 atom stereocenters. The fourth-order valence-corrected chi connectivity index (χ4v) is 3.37. The Balaban J connectivity index is 1.66. The van der Waals surface area contributed by atoms with Crippen molar-refractivity contribution < 1.29 is 9.53 Å². The lowest BCUT2D eigenvalue weighted by molar-refractivity contribution is 0.103. The van der Waals surface area contributed by atoms with Gasteiger partial charge in [-0.05, 0) is 47.3 Å². The Kier molecular flexibility index (Phi) is 4.33. The first-order valence-corrected chi connectivity index (χ1v) is 8.79. The normalized spacial score (nSPS) is 10.7. The van der Waals surface area contributed by atoms with E-state index in [0.29, 0.717) is 10.6 Å². The first-order chi connectivity index (χ1) is 12.8. The number of anilines is 1. The van der Waals surface area contributed by atoms with Gasteiger partial charge in [-0.2, -0.15) is 0 Å². The molecule has 3 aromatic carbocycles. The third-order valence-electron chi connectivity index (χ3n) is 4.10. The Morgan fingerprint density at radius 3 is 2.58 bits per heavy atom. The minimum absolute atomic E-state index is 0.220. The van der Waals surface area contributed by atoms with Crippen LogP contribution in [0.4, 0.5) is 5.69 Å². The zero-order chi connectivity index (χ0) is 17.9. The van der Waals surface area contributed by atoms with Crippen molar-refractivity contribution in [1.82, 2.24) is 9.59 Å². The van der Waals surface area contributed by atoms with Crippen LogP contribution in [0.25, 0.3) is 22.0 Å². The van der Waals surface area contributed by atoms with Gasteiger partial charge >= 0.3 is 0 Å². The van der Waals surface area contributed by atoms with Gasteiger partial charge in [0.05, 0.1) is 7.11 Å². The van der Waals surface area contributed by atoms with Crippen molar-refractivity contribution in [1.29, 1.82) is 0 Å². The highest BCUT2D eigenvalue weighted by Crippen LogP contribution is 2.28. The first kappa shape index (κ1) is 16.2. The first-order valence-electron chi connectivity index (χ1n) is 8.02. The Labute approximate surface area is 154 Å². The van der Waals surface area contributed by atoms with Gasteiger partial charge in [0, 0.05) is 16.6 Å². The number of benzene rings is 3. The SMILES string of the molecule is COc1ccc(-c2nnsc2C(=O)Nc2cccc3ccccc23)cc1. The van der Waals surface area contributed by atoms with E-state index >= 15 is 0 Å². The molecule has 0 aliphatic heterocycles. The van der Waals surface area contributed by atoms with Gasteiger partial charge in [0.2, 0.25) is 0 Å². The number of aromatic nitrogens is 2. The van der Waals surface area contributed by atoms with E-state index in [0.717, 1.165) is 39.3 Å². The van der Waals surface area contributed by atoms with Crippen LogP contribution < -0.4 is 10.1 Å². The minimum Gasteiger partial charge on any atom is -0.497 e. The predicted octanol–water partition coefficient (Wildman–Crippen LogP) is 4.62. The molecule has 0 fully saturated rings. The topological polar surface area (TPSA) is 64.1 Å². The van der Waals surface area contributed by atoms with Crippen LogP contribution in [0.2, 0.25) is 0 Å². The molecule has 0 saturated carbocycles. The van der Waals surface area contributed by atoms with Crippen LogP contribution in [0, 0.1) is 0 Å². The number of hydrogen-bond acceptors (Lipinski definition) is 5. The molecule has 1 heterocycles. The van der Waals surface area contributed by atoms with E-state index in [1.54, 1.807) is 7.11 Å². The monoisotopic (exact) mass is 361 g/mol. The molecular weight excluding hydrogens is 346 g/mol. The molecular formula is C20H15N3O2S. The van der Waals surface area contributed by atoms with Gasteiger partial charge in [-0.15, -0.1) is 5.10 Å². The molecule has 0 radical (unpaired) electrons. The molecule has 0 spiro atoms. The summed E-state index contributed by atoms with van der Waals surface area (Å²) in [5, 5.41) is 9.19. The number of amides is 1. The molecule has 5 nitrogen and oxygen atoms in total. The highest BCUT2D eigenvalue weighted by atomic mass is 32.1. The second kappa shape index (κ2) is 6.93. The van der Waals surface area contributed by atoms with Crippen molar-refractivity contribution >= 4 is 33.9 Å². The Hall–Kier alpha value is -3.25. The minimum atomic E-state index is -0.220. The third-order valence-corrected chi connectivity index (χ3v) is 4.82. The van der Waals surface area contributed by atoms with E-state index in [9.17, 15) is 4.79 Å². The number of hydrogen-bond donors (Lipinski definition) is 1.